The summed E-state index contributed by atoms with van der Waals surface area (Å²) in [5.74, 6) is 0.585. The molecule has 1 aromatic carbocycles. The molecule has 1 heterocycles. The van der Waals surface area contributed by atoms with Crippen molar-refractivity contribution in [3.8, 4) is 0 Å². The van der Waals surface area contributed by atoms with E-state index in [0.29, 0.717) is 12.5 Å². The number of nitrogens with one attached hydrogen (secondary N) is 1. The van der Waals surface area contributed by atoms with Gasteiger partial charge in [-0.15, -0.1) is 0 Å². The predicted octanol–water partition coefficient (Wildman–Crippen LogP) is 2.30. The van der Waals surface area contributed by atoms with E-state index < -0.39 is 0 Å². The Labute approximate surface area is 101 Å². The third-order valence-corrected chi connectivity index (χ3v) is 2.56. The van der Waals surface area contributed by atoms with Gasteiger partial charge in [0.15, 0.2) is 0 Å². The summed E-state index contributed by atoms with van der Waals surface area (Å²) in [5, 5.41) is 3.21. The maximum atomic E-state index is 5.55. The van der Waals surface area contributed by atoms with Crippen LogP contribution in [0, 0.1) is 13.8 Å². The van der Waals surface area contributed by atoms with E-state index in [1.54, 1.807) is 6.20 Å². The first-order chi connectivity index (χ1) is 8.19. The first kappa shape index (κ1) is 11.5. The third kappa shape index (κ3) is 2.79. The second kappa shape index (κ2) is 4.93. The van der Waals surface area contributed by atoms with Crippen molar-refractivity contribution in [2.75, 3.05) is 5.32 Å². The summed E-state index contributed by atoms with van der Waals surface area (Å²) in [6, 6.07) is 8.05. The first-order valence-electron chi connectivity index (χ1n) is 5.55. The first-order valence-corrected chi connectivity index (χ1v) is 5.55. The number of aryl methyl sites for hydroxylation is 2. The van der Waals surface area contributed by atoms with Crippen LogP contribution in [0.25, 0.3) is 0 Å². The lowest BCUT2D eigenvalue weighted by Crippen LogP contribution is -2.04. The molecule has 2 rings (SSSR count). The van der Waals surface area contributed by atoms with Crippen molar-refractivity contribution in [2.24, 2.45) is 5.73 Å². The van der Waals surface area contributed by atoms with Gasteiger partial charge in [-0.2, -0.15) is 0 Å². The van der Waals surface area contributed by atoms with Crippen LogP contribution in [0.5, 0.6) is 0 Å². The van der Waals surface area contributed by atoms with Gasteiger partial charge in [-0.25, -0.2) is 9.97 Å². The SMILES string of the molecule is Cc1ccc(C)c(Nc2nccc(CN)n2)c1. The minimum absolute atomic E-state index is 0.421. The Morgan fingerprint density at radius 2 is 2.06 bits per heavy atom. The van der Waals surface area contributed by atoms with Crippen LogP contribution in [0.2, 0.25) is 0 Å². The molecule has 0 saturated carbocycles. The molecular weight excluding hydrogens is 212 g/mol. The molecule has 3 N–H and O–H groups in total. The van der Waals surface area contributed by atoms with Gasteiger partial charge in [-0.05, 0) is 37.1 Å². The van der Waals surface area contributed by atoms with Gasteiger partial charge in [0.2, 0.25) is 5.95 Å². The van der Waals surface area contributed by atoms with Gasteiger partial charge in [0.05, 0.1) is 5.69 Å². The lowest BCUT2D eigenvalue weighted by molar-refractivity contribution is 0.968. The molecule has 0 spiro atoms. The highest BCUT2D eigenvalue weighted by Gasteiger charge is 2.02. The van der Waals surface area contributed by atoms with E-state index in [1.165, 1.54) is 5.56 Å². The molecular formula is C13H16N4. The average molecular weight is 228 g/mol. The molecule has 0 unspecified atom stereocenters. The highest BCUT2D eigenvalue weighted by atomic mass is 15.1. The number of nitrogens with two attached hydrogens (primary N) is 1. The van der Waals surface area contributed by atoms with Crippen molar-refractivity contribution in [3.63, 3.8) is 0 Å². The summed E-state index contributed by atoms with van der Waals surface area (Å²) in [5.41, 5.74) is 9.77. The zero-order chi connectivity index (χ0) is 12.3. The zero-order valence-electron chi connectivity index (χ0n) is 10.1. The number of hydrogen-bond donors (Lipinski definition) is 2. The smallest absolute Gasteiger partial charge is 0.227 e. The molecule has 0 aliphatic heterocycles. The largest absolute Gasteiger partial charge is 0.325 e. The van der Waals surface area contributed by atoms with Crippen LogP contribution in [0.15, 0.2) is 30.5 Å². The molecule has 1 aromatic heterocycles. The lowest BCUT2D eigenvalue weighted by atomic mass is 10.1. The number of rotatable bonds is 3. The summed E-state index contributed by atoms with van der Waals surface area (Å²) in [7, 11) is 0. The Kier molecular flexibility index (Phi) is 3.35. The molecule has 17 heavy (non-hydrogen) atoms. The normalized spacial score (nSPS) is 10.3. The summed E-state index contributed by atoms with van der Waals surface area (Å²) >= 11 is 0. The van der Waals surface area contributed by atoms with Gasteiger partial charge >= 0.3 is 0 Å². The van der Waals surface area contributed by atoms with Crippen LogP contribution in [0.1, 0.15) is 16.8 Å². The van der Waals surface area contributed by atoms with E-state index in [0.717, 1.165) is 16.9 Å². The van der Waals surface area contributed by atoms with Crippen molar-refractivity contribution >= 4 is 11.6 Å². The van der Waals surface area contributed by atoms with Crippen LogP contribution >= 0.6 is 0 Å². The van der Waals surface area contributed by atoms with Crippen LogP contribution in [-0.2, 0) is 6.54 Å². The van der Waals surface area contributed by atoms with Crippen molar-refractivity contribution < 1.29 is 0 Å². The molecule has 0 saturated heterocycles. The molecule has 0 aliphatic carbocycles. The minimum Gasteiger partial charge on any atom is -0.325 e. The Morgan fingerprint density at radius 3 is 2.82 bits per heavy atom. The van der Waals surface area contributed by atoms with Gasteiger partial charge in [-0.3, -0.25) is 0 Å². The van der Waals surface area contributed by atoms with E-state index in [1.807, 2.05) is 6.07 Å². The number of anilines is 2. The molecule has 0 radical (unpaired) electrons. The summed E-state index contributed by atoms with van der Waals surface area (Å²) < 4.78 is 0. The van der Waals surface area contributed by atoms with Crippen LogP contribution in [0.4, 0.5) is 11.6 Å². The number of benzene rings is 1. The molecule has 0 aliphatic rings. The quantitative estimate of drug-likeness (QED) is 0.846. The topological polar surface area (TPSA) is 63.8 Å². The maximum absolute atomic E-state index is 5.55. The fourth-order valence-corrected chi connectivity index (χ4v) is 1.56. The van der Waals surface area contributed by atoms with Crippen molar-refractivity contribution in [3.05, 3.63) is 47.3 Å². The fraction of sp³-hybridized carbons (Fsp3) is 0.231. The lowest BCUT2D eigenvalue weighted by Gasteiger charge is -2.09. The van der Waals surface area contributed by atoms with Crippen LogP contribution in [0.3, 0.4) is 0 Å². The summed E-state index contributed by atoms with van der Waals surface area (Å²) in [4.78, 5) is 8.49. The van der Waals surface area contributed by atoms with E-state index in [2.05, 4.69) is 47.3 Å². The van der Waals surface area contributed by atoms with Gasteiger partial charge in [-0.1, -0.05) is 12.1 Å². The number of hydrogen-bond acceptors (Lipinski definition) is 4. The second-order valence-corrected chi connectivity index (χ2v) is 4.02. The third-order valence-electron chi connectivity index (χ3n) is 2.56. The van der Waals surface area contributed by atoms with Gasteiger partial charge in [0, 0.05) is 18.4 Å². The standard InChI is InChI=1S/C13H16N4/c1-9-3-4-10(2)12(7-9)17-13-15-6-5-11(8-14)16-13/h3-7H,8,14H2,1-2H3,(H,15,16,17). The highest BCUT2D eigenvalue weighted by Crippen LogP contribution is 2.19. The maximum Gasteiger partial charge on any atom is 0.227 e. The Hall–Kier alpha value is -1.94. The Balaban J connectivity index is 2.27. The number of nitrogens with zero attached hydrogens (tertiary/aromatic N) is 2. The van der Waals surface area contributed by atoms with Crippen molar-refractivity contribution in [1.82, 2.24) is 9.97 Å². The summed E-state index contributed by atoms with van der Waals surface area (Å²) in [6.45, 7) is 4.53. The van der Waals surface area contributed by atoms with E-state index >= 15 is 0 Å². The molecule has 4 nitrogen and oxygen atoms in total. The Bertz CT molecular complexity index is 523. The molecule has 2 aromatic rings. The highest BCUT2D eigenvalue weighted by molar-refractivity contribution is 5.59. The van der Waals surface area contributed by atoms with Gasteiger partial charge in [0.25, 0.3) is 0 Å². The van der Waals surface area contributed by atoms with Gasteiger partial charge < -0.3 is 11.1 Å². The van der Waals surface area contributed by atoms with Crippen LogP contribution < -0.4 is 11.1 Å². The second-order valence-electron chi connectivity index (χ2n) is 4.02. The molecule has 0 bridgehead atoms. The monoisotopic (exact) mass is 228 g/mol. The predicted molar refractivity (Wildman–Crippen MR) is 69.1 cm³/mol. The zero-order valence-corrected chi connectivity index (χ0v) is 10.1. The summed E-state index contributed by atoms with van der Waals surface area (Å²) in [6.07, 6.45) is 1.71. The molecule has 0 fully saturated rings. The van der Waals surface area contributed by atoms with E-state index in [9.17, 15) is 0 Å². The molecule has 0 atom stereocenters. The molecule has 0 amide bonds. The average Bonchev–Trinajstić information content (AvgIpc) is 2.34. The molecule has 4 heteroatoms. The van der Waals surface area contributed by atoms with Gasteiger partial charge in [0.1, 0.15) is 0 Å². The van der Waals surface area contributed by atoms with E-state index in [4.69, 9.17) is 5.73 Å². The fourth-order valence-electron chi connectivity index (χ4n) is 1.56. The minimum atomic E-state index is 0.421. The van der Waals surface area contributed by atoms with Crippen LogP contribution in [-0.4, -0.2) is 9.97 Å². The van der Waals surface area contributed by atoms with Crippen molar-refractivity contribution in [1.29, 1.82) is 0 Å². The van der Waals surface area contributed by atoms with E-state index in [-0.39, 0.29) is 0 Å². The number of aromatic nitrogens is 2. The Morgan fingerprint density at radius 1 is 1.24 bits per heavy atom. The van der Waals surface area contributed by atoms with Crippen molar-refractivity contribution in [2.45, 2.75) is 20.4 Å². The molecule has 88 valence electrons.